The van der Waals surface area contributed by atoms with Gasteiger partial charge in [0.2, 0.25) is 0 Å². The van der Waals surface area contributed by atoms with Crippen LogP contribution in [-0.2, 0) is 0 Å². The van der Waals surface area contributed by atoms with Crippen LogP contribution in [0.1, 0.15) is 48.4 Å². The van der Waals surface area contributed by atoms with Gasteiger partial charge in [-0.05, 0) is 87.4 Å². The second-order valence-electron chi connectivity index (χ2n) is 7.70. The Morgan fingerprint density at radius 2 is 1.86 bits per heavy atom. The summed E-state index contributed by atoms with van der Waals surface area (Å²) < 4.78 is 2.28. The first kappa shape index (κ1) is 18.7. The average molecular weight is 391 g/mol. The van der Waals surface area contributed by atoms with Gasteiger partial charge in [0.25, 0.3) is 0 Å². The zero-order valence-corrected chi connectivity index (χ0v) is 17.6. The molecule has 144 valence electrons. The molecule has 0 spiro atoms. The molecule has 28 heavy (non-hydrogen) atoms. The van der Waals surface area contributed by atoms with Gasteiger partial charge in [-0.3, -0.25) is 4.98 Å². The molecular weight excluding hydrogens is 364 g/mol. The predicted octanol–water partition coefficient (Wildman–Crippen LogP) is 4.87. The fourth-order valence-corrected chi connectivity index (χ4v) is 4.44. The van der Waals surface area contributed by atoms with Crippen LogP contribution < -0.4 is 5.32 Å². The number of nitrogens with zero attached hydrogens (tertiary/aromatic N) is 3. The van der Waals surface area contributed by atoms with Gasteiger partial charge in [-0.25, -0.2) is 0 Å². The number of hydrogen-bond acceptors (Lipinski definition) is 2. The highest BCUT2D eigenvalue weighted by atomic mass is 32.1. The van der Waals surface area contributed by atoms with E-state index in [0.29, 0.717) is 0 Å². The lowest BCUT2D eigenvalue weighted by molar-refractivity contribution is 0.262. The van der Waals surface area contributed by atoms with Gasteiger partial charge in [0.05, 0.1) is 17.8 Å². The molecule has 1 aliphatic rings. The van der Waals surface area contributed by atoms with Crippen LogP contribution in [0.2, 0.25) is 0 Å². The van der Waals surface area contributed by atoms with Crippen molar-refractivity contribution in [1.82, 2.24) is 19.8 Å². The highest BCUT2D eigenvalue weighted by Gasteiger charge is 2.42. The third-order valence-corrected chi connectivity index (χ3v) is 5.87. The Hall–Kier alpha value is -2.66. The van der Waals surface area contributed by atoms with Gasteiger partial charge < -0.3 is 14.8 Å². The fraction of sp³-hybridized carbons (Fsp3) is 0.304. The maximum absolute atomic E-state index is 5.72. The molecule has 0 unspecified atom stereocenters. The van der Waals surface area contributed by atoms with Crippen LogP contribution in [0.25, 0.3) is 5.69 Å². The molecule has 3 aromatic rings. The molecule has 1 aliphatic heterocycles. The molecule has 4 nitrogen and oxygen atoms in total. The van der Waals surface area contributed by atoms with Crippen molar-refractivity contribution in [3.63, 3.8) is 0 Å². The number of hydrogen-bond donors (Lipinski definition) is 1. The first-order valence-corrected chi connectivity index (χ1v) is 10.1. The van der Waals surface area contributed by atoms with E-state index >= 15 is 0 Å². The molecule has 5 heteroatoms. The van der Waals surface area contributed by atoms with Crippen molar-refractivity contribution in [2.24, 2.45) is 0 Å². The van der Waals surface area contributed by atoms with E-state index < -0.39 is 0 Å². The summed E-state index contributed by atoms with van der Waals surface area (Å²) in [6.07, 6.45) is 3.98. The minimum atomic E-state index is 0.0105. The van der Waals surface area contributed by atoms with Gasteiger partial charge in [0.1, 0.15) is 0 Å². The van der Waals surface area contributed by atoms with Gasteiger partial charge in [-0.2, -0.15) is 0 Å². The third kappa shape index (κ3) is 3.20. The standard InChI is InChI=1S/C23H26N4S/c1-15(2)27-22(21(25-23(27)28)19-8-5-6-12-24-19)20-9-7-13-26(20)18-11-10-16(3)17(4)14-18/h5-15,21-22H,1-4H3,(H,25,28)/t21-,22+/m1/s1. The Morgan fingerprint density at radius 1 is 1.04 bits per heavy atom. The van der Waals surface area contributed by atoms with E-state index in [1.165, 1.54) is 22.5 Å². The molecule has 2 atom stereocenters. The number of pyridine rings is 1. The number of benzene rings is 1. The van der Waals surface area contributed by atoms with Crippen molar-refractivity contribution in [3.8, 4) is 5.69 Å². The second kappa shape index (κ2) is 7.40. The zero-order chi connectivity index (χ0) is 19.8. The number of aromatic nitrogens is 2. The summed E-state index contributed by atoms with van der Waals surface area (Å²) in [4.78, 5) is 6.91. The van der Waals surface area contributed by atoms with E-state index in [1.807, 2.05) is 18.3 Å². The molecule has 1 N–H and O–H groups in total. The van der Waals surface area contributed by atoms with E-state index in [-0.39, 0.29) is 18.1 Å². The Morgan fingerprint density at radius 3 is 2.54 bits per heavy atom. The summed E-state index contributed by atoms with van der Waals surface area (Å²) in [6, 6.07) is 17.3. The number of nitrogens with one attached hydrogen (secondary N) is 1. The molecule has 0 radical (unpaired) electrons. The molecule has 1 fully saturated rings. The first-order valence-electron chi connectivity index (χ1n) is 9.72. The predicted molar refractivity (Wildman–Crippen MR) is 118 cm³/mol. The summed E-state index contributed by atoms with van der Waals surface area (Å²) in [7, 11) is 0. The van der Waals surface area contributed by atoms with Crippen LogP contribution in [0.5, 0.6) is 0 Å². The molecule has 0 bridgehead atoms. The van der Waals surface area contributed by atoms with Crippen LogP contribution in [0, 0.1) is 13.8 Å². The Labute approximate surface area is 172 Å². The normalized spacial score (nSPS) is 19.3. The van der Waals surface area contributed by atoms with Gasteiger partial charge >= 0.3 is 0 Å². The topological polar surface area (TPSA) is 33.1 Å². The van der Waals surface area contributed by atoms with Gasteiger partial charge in [0.15, 0.2) is 5.11 Å². The van der Waals surface area contributed by atoms with E-state index in [2.05, 4.69) is 90.1 Å². The molecule has 4 rings (SSSR count). The van der Waals surface area contributed by atoms with Crippen molar-refractivity contribution < 1.29 is 0 Å². The van der Waals surface area contributed by atoms with Crippen LogP contribution >= 0.6 is 12.2 Å². The summed E-state index contributed by atoms with van der Waals surface area (Å²) >= 11 is 5.72. The molecule has 1 saturated heterocycles. The molecule has 1 aromatic carbocycles. The molecule has 0 amide bonds. The number of aryl methyl sites for hydroxylation is 2. The third-order valence-electron chi connectivity index (χ3n) is 5.54. The Kier molecular flexibility index (Phi) is 4.94. The van der Waals surface area contributed by atoms with Crippen LogP contribution in [0.15, 0.2) is 60.9 Å². The van der Waals surface area contributed by atoms with Crippen molar-refractivity contribution in [1.29, 1.82) is 0 Å². The van der Waals surface area contributed by atoms with Crippen molar-refractivity contribution >= 4 is 17.3 Å². The summed E-state index contributed by atoms with van der Waals surface area (Å²) in [5.74, 6) is 0. The van der Waals surface area contributed by atoms with Crippen LogP contribution in [0.3, 0.4) is 0 Å². The maximum atomic E-state index is 5.72. The van der Waals surface area contributed by atoms with Crippen molar-refractivity contribution in [2.75, 3.05) is 0 Å². The van der Waals surface area contributed by atoms with E-state index in [9.17, 15) is 0 Å². The lowest BCUT2D eigenvalue weighted by atomic mass is 10.00. The molecule has 3 heterocycles. The average Bonchev–Trinajstić information content (AvgIpc) is 3.28. The second-order valence-corrected chi connectivity index (χ2v) is 8.09. The van der Waals surface area contributed by atoms with Crippen molar-refractivity contribution in [3.05, 3.63) is 83.4 Å². The Bertz CT molecular complexity index is 993. The van der Waals surface area contributed by atoms with Gasteiger partial charge in [0, 0.05) is 29.8 Å². The molecule has 0 saturated carbocycles. The van der Waals surface area contributed by atoms with E-state index in [0.717, 1.165) is 10.8 Å². The SMILES string of the molecule is Cc1ccc(-n2cccc2[C@H]2[C@@H](c3ccccn3)NC(=S)N2C(C)C)cc1C. The van der Waals surface area contributed by atoms with E-state index in [1.54, 1.807) is 0 Å². The van der Waals surface area contributed by atoms with Gasteiger partial charge in [-0.15, -0.1) is 0 Å². The minimum absolute atomic E-state index is 0.0105. The largest absolute Gasteiger partial charge is 0.352 e. The zero-order valence-electron chi connectivity index (χ0n) is 16.8. The highest BCUT2D eigenvalue weighted by Crippen LogP contribution is 2.40. The molecule has 2 aromatic heterocycles. The van der Waals surface area contributed by atoms with Crippen LogP contribution in [0.4, 0.5) is 0 Å². The van der Waals surface area contributed by atoms with Gasteiger partial charge in [-0.1, -0.05) is 12.1 Å². The smallest absolute Gasteiger partial charge is 0.170 e. The number of thiocarbonyl (C=S) groups is 1. The number of rotatable bonds is 4. The highest BCUT2D eigenvalue weighted by molar-refractivity contribution is 7.80. The molecule has 0 aliphatic carbocycles. The first-order chi connectivity index (χ1) is 13.5. The van der Waals surface area contributed by atoms with E-state index in [4.69, 9.17) is 12.2 Å². The van der Waals surface area contributed by atoms with Crippen molar-refractivity contribution in [2.45, 2.75) is 45.8 Å². The lowest BCUT2D eigenvalue weighted by Crippen LogP contribution is -2.36. The maximum Gasteiger partial charge on any atom is 0.170 e. The monoisotopic (exact) mass is 390 g/mol. The minimum Gasteiger partial charge on any atom is -0.352 e. The summed E-state index contributed by atoms with van der Waals surface area (Å²) in [6.45, 7) is 8.67. The van der Waals surface area contributed by atoms with Crippen LogP contribution in [-0.4, -0.2) is 25.6 Å². The summed E-state index contributed by atoms with van der Waals surface area (Å²) in [5, 5.41) is 4.30. The lowest BCUT2D eigenvalue weighted by Gasteiger charge is -2.31. The summed E-state index contributed by atoms with van der Waals surface area (Å²) in [5.41, 5.74) is 5.98. The fourth-order valence-electron chi connectivity index (χ4n) is 3.98. The Balaban J connectivity index is 1.84. The molecular formula is C23H26N4S. The quantitative estimate of drug-likeness (QED) is 0.644.